The van der Waals surface area contributed by atoms with Gasteiger partial charge in [-0.15, -0.1) is 0 Å². The molecule has 0 bridgehead atoms. The fourth-order valence-corrected chi connectivity index (χ4v) is 3.53. The van der Waals surface area contributed by atoms with E-state index in [1.54, 1.807) is 18.2 Å². The first-order valence-electron chi connectivity index (χ1n) is 11.0. The summed E-state index contributed by atoms with van der Waals surface area (Å²) in [6, 6.07) is 19.6. The second-order valence-electron chi connectivity index (χ2n) is 8.74. The van der Waals surface area contributed by atoms with Gasteiger partial charge < -0.3 is 14.2 Å². The molecule has 32 heavy (non-hydrogen) atoms. The Morgan fingerprint density at radius 3 is 2.31 bits per heavy atom. The van der Waals surface area contributed by atoms with Crippen LogP contribution in [0.15, 0.2) is 71.3 Å². The van der Waals surface area contributed by atoms with Crippen molar-refractivity contribution in [1.29, 1.82) is 0 Å². The van der Waals surface area contributed by atoms with Gasteiger partial charge in [-0.2, -0.15) is 0 Å². The summed E-state index contributed by atoms with van der Waals surface area (Å²) in [4.78, 5) is 29.3. The second-order valence-corrected chi connectivity index (χ2v) is 8.74. The number of rotatable bonds is 9. The van der Waals surface area contributed by atoms with Gasteiger partial charge in [0.15, 0.2) is 0 Å². The van der Waals surface area contributed by atoms with Gasteiger partial charge in [0.2, 0.25) is 11.8 Å². The fourth-order valence-electron chi connectivity index (χ4n) is 3.53. The van der Waals surface area contributed by atoms with Gasteiger partial charge >= 0.3 is 0 Å². The molecule has 0 saturated heterocycles. The van der Waals surface area contributed by atoms with Crippen LogP contribution in [-0.4, -0.2) is 23.8 Å². The van der Waals surface area contributed by atoms with Crippen LogP contribution in [0, 0.1) is 12.8 Å². The minimum Gasteiger partial charge on any atom is -0.467 e. The zero-order valence-electron chi connectivity index (χ0n) is 19.4. The standard InChI is InChI=1S/C27H32N2O3/c1-20(2)15-27(31)29(18-22-12-10-21(3)11-13-22)24-8-5-7-23(16-24)17-26(30)28(4)19-25-9-6-14-32-25/h5-14,16,20H,15,17-19H2,1-4H3. The van der Waals surface area contributed by atoms with E-state index >= 15 is 0 Å². The Morgan fingerprint density at radius 1 is 0.906 bits per heavy atom. The first-order valence-corrected chi connectivity index (χ1v) is 11.0. The van der Waals surface area contributed by atoms with Crippen LogP contribution in [0.25, 0.3) is 0 Å². The Labute approximate surface area is 190 Å². The monoisotopic (exact) mass is 432 g/mol. The van der Waals surface area contributed by atoms with Crippen LogP contribution < -0.4 is 4.90 Å². The molecular weight excluding hydrogens is 400 g/mol. The third-order valence-corrected chi connectivity index (χ3v) is 5.32. The van der Waals surface area contributed by atoms with E-state index in [9.17, 15) is 9.59 Å². The van der Waals surface area contributed by atoms with Crippen LogP contribution in [0.4, 0.5) is 5.69 Å². The Balaban J connectivity index is 1.77. The maximum Gasteiger partial charge on any atom is 0.227 e. The average Bonchev–Trinajstić information content (AvgIpc) is 3.26. The molecule has 0 saturated carbocycles. The number of hydrogen-bond acceptors (Lipinski definition) is 3. The van der Waals surface area contributed by atoms with E-state index in [0.717, 1.165) is 22.6 Å². The summed E-state index contributed by atoms with van der Waals surface area (Å²) in [5.74, 6) is 1.09. The third-order valence-electron chi connectivity index (χ3n) is 5.32. The summed E-state index contributed by atoms with van der Waals surface area (Å²) in [5, 5.41) is 0. The van der Waals surface area contributed by atoms with Crippen molar-refractivity contribution in [3.05, 3.63) is 89.4 Å². The van der Waals surface area contributed by atoms with Gasteiger partial charge in [0.25, 0.3) is 0 Å². The molecule has 1 aromatic heterocycles. The summed E-state index contributed by atoms with van der Waals surface area (Å²) in [6.45, 7) is 7.08. The second kappa shape index (κ2) is 10.8. The number of nitrogens with zero attached hydrogens (tertiary/aromatic N) is 2. The Morgan fingerprint density at radius 2 is 1.66 bits per heavy atom. The molecule has 0 spiro atoms. The molecular formula is C27H32N2O3. The van der Waals surface area contributed by atoms with Crippen molar-refractivity contribution in [2.45, 2.75) is 46.7 Å². The van der Waals surface area contributed by atoms with Crippen LogP contribution >= 0.6 is 0 Å². The summed E-state index contributed by atoms with van der Waals surface area (Å²) < 4.78 is 5.34. The van der Waals surface area contributed by atoms with Gasteiger partial charge in [0.1, 0.15) is 5.76 Å². The summed E-state index contributed by atoms with van der Waals surface area (Å²) >= 11 is 0. The highest BCUT2D eigenvalue weighted by Crippen LogP contribution is 2.22. The molecule has 3 aromatic rings. The lowest BCUT2D eigenvalue weighted by atomic mass is 10.1. The largest absolute Gasteiger partial charge is 0.467 e. The Hall–Kier alpha value is -3.34. The van der Waals surface area contributed by atoms with E-state index in [2.05, 4.69) is 31.2 Å². The van der Waals surface area contributed by atoms with E-state index in [0.29, 0.717) is 19.5 Å². The maximum atomic E-state index is 13.1. The third kappa shape index (κ3) is 6.58. The molecule has 0 fully saturated rings. The zero-order valence-corrected chi connectivity index (χ0v) is 19.4. The number of likely N-dealkylation sites (N-methyl/N-ethyl adjacent to an activating group) is 1. The van der Waals surface area contributed by atoms with Crippen molar-refractivity contribution in [3.63, 3.8) is 0 Å². The molecule has 0 atom stereocenters. The van der Waals surface area contributed by atoms with Gasteiger partial charge in [-0.05, 0) is 48.2 Å². The van der Waals surface area contributed by atoms with Crippen LogP contribution in [0.1, 0.15) is 42.7 Å². The maximum absolute atomic E-state index is 13.1. The molecule has 0 N–H and O–H groups in total. The number of aryl methyl sites for hydroxylation is 1. The number of anilines is 1. The molecule has 1 heterocycles. The van der Waals surface area contributed by atoms with E-state index in [1.165, 1.54) is 5.56 Å². The molecule has 0 aliphatic carbocycles. The summed E-state index contributed by atoms with van der Waals surface area (Å²) in [6.07, 6.45) is 2.34. The smallest absolute Gasteiger partial charge is 0.227 e. The molecule has 0 radical (unpaired) electrons. The number of benzene rings is 2. The molecule has 0 aliphatic rings. The predicted molar refractivity (Wildman–Crippen MR) is 127 cm³/mol. The molecule has 5 heteroatoms. The van der Waals surface area contributed by atoms with Gasteiger partial charge in [-0.25, -0.2) is 0 Å². The predicted octanol–water partition coefficient (Wildman–Crippen LogP) is 5.37. The number of carbonyl (C=O) groups is 2. The minimum atomic E-state index is -0.00265. The van der Waals surface area contributed by atoms with Crippen molar-refractivity contribution in [3.8, 4) is 0 Å². The number of carbonyl (C=O) groups excluding carboxylic acids is 2. The lowest BCUT2D eigenvalue weighted by Crippen LogP contribution is -2.31. The van der Waals surface area contributed by atoms with Gasteiger partial charge in [-0.3, -0.25) is 9.59 Å². The van der Waals surface area contributed by atoms with Gasteiger partial charge in [-0.1, -0.05) is 55.8 Å². The lowest BCUT2D eigenvalue weighted by Gasteiger charge is -2.25. The van der Waals surface area contributed by atoms with E-state index in [1.807, 2.05) is 55.1 Å². The van der Waals surface area contributed by atoms with Crippen molar-refractivity contribution in [1.82, 2.24) is 4.90 Å². The molecule has 5 nitrogen and oxygen atoms in total. The SMILES string of the molecule is Cc1ccc(CN(C(=O)CC(C)C)c2cccc(CC(=O)N(C)Cc3ccco3)c2)cc1. The zero-order chi connectivity index (χ0) is 23.1. The number of furan rings is 1. The highest BCUT2D eigenvalue weighted by Gasteiger charge is 2.19. The van der Waals surface area contributed by atoms with Crippen LogP contribution in [-0.2, 0) is 29.1 Å². The topological polar surface area (TPSA) is 53.8 Å². The lowest BCUT2D eigenvalue weighted by molar-refractivity contribution is -0.129. The van der Waals surface area contributed by atoms with Crippen molar-refractivity contribution in [2.24, 2.45) is 5.92 Å². The first kappa shape index (κ1) is 23.3. The van der Waals surface area contributed by atoms with Gasteiger partial charge in [0.05, 0.1) is 25.8 Å². The van der Waals surface area contributed by atoms with Crippen molar-refractivity contribution in [2.75, 3.05) is 11.9 Å². The normalized spacial score (nSPS) is 10.9. The highest BCUT2D eigenvalue weighted by molar-refractivity contribution is 5.93. The summed E-state index contributed by atoms with van der Waals surface area (Å²) in [7, 11) is 1.77. The van der Waals surface area contributed by atoms with E-state index in [4.69, 9.17) is 4.42 Å². The highest BCUT2D eigenvalue weighted by atomic mass is 16.3. The molecule has 168 valence electrons. The Bertz CT molecular complexity index is 1020. The quantitative estimate of drug-likeness (QED) is 0.457. The fraction of sp³-hybridized carbons (Fsp3) is 0.333. The number of amides is 2. The molecule has 0 aliphatic heterocycles. The van der Waals surface area contributed by atoms with Crippen molar-refractivity contribution < 1.29 is 14.0 Å². The molecule has 3 rings (SSSR count). The van der Waals surface area contributed by atoms with Crippen LogP contribution in [0.5, 0.6) is 0 Å². The van der Waals surface area contributed by atoms with Crippen molar-refractivity contribution >= 4 is 17.5 Å². The molecule has 0 unspecified atom stereocenters. The van der Waals surface area contributed by atoms with E-state index in [-0.39, 0.29) is 24.2 Å². The Kier molecular flexibility index (Phi) is 7.87. The average molecular weight is 433 g/mol. The van der Waals surface area contributed by atoms with Gasteiger partial charge in [0, 0.05) is 19.2 Å². The first-order chi connectivity index (χ1) is 15.3. The van der Waals surface area contributed by atoms with Crippen LogP contribution in [0.3, 0.4) is 0 Å². The summed E-state index contributed by atoms with van der Waals surface area (Å²) in [5.41, 5.74) is 3.96. The van der Waals surface area contributed by atoms with E-state index < -0.39 is 0 Å². The molecule has 2 aromatic carbocycles. The van der Waals surface area contributed by atoms with Crippen LogP contribution in [0.2, 0.25) is 0 Å². The number of hydrogen-bond donors (Lipinski definition) is 0. The minimum absolute atomic E-state index is 0.00265. The molecule has 2 amide bonds.